The summed E-state index contributed by atoms with van der Waals surface area (Å²) in [5.74, 6) is -0.168. The highest BCUT2D eigenvalue weighted by Crippen LogP contribution is 2.19. The lowest BCUT2D eigenvalue weighted by molar-refractivity contribution is 0.0914. The Labute approximate surface area is 94.9 Å². The molecule has 1 unspecified atom stereocenters. The van der Waals surface area contributed by atoms with Gasteiger partial charge in [0.1, 0.15) is 5.75 Å². The molecule has 4 heteroatoms. The van der Waals surface area contributed by atoms with Gasteiger partial charge in [0, 0.05) is 11.1 Å². The van der Waals surface area contributed by atoms with E-state index in [-0.39, 0.29) is 24.3 Å². The molecular weight excluding hydrogens is 206 g/mol. The van der Waals surface area contributed by atoms with Crippen molar-refractivity contribution in [1.82, 2.24) is 5.32 Å². The van der Waals surface area contributed by atoms with Gasteiger partial charge in [-0.05, 0) is 25.5 Å². The van der Waals surface area contributed by atoms with Crippen LogP contribution in [0.5, 0.6) is 5.75 Å². The van der Waals surface area contributed by atoms with Gasteiger partial charge in [-0.2, -0.15) is 0 Å². The third kappa shape index (κ3) is 2.73. The Morgan fingerprint density at radius 2 is 2.19 bits per heavy atom. The van der Waals surface area contributed by atoms with Crippen molar-refractivity contribution >= 4 is 5.91 Å². The summed E-state index contributed by atoms with van der Waals surface area (Å²) in [6.45, 7) is 3.49. The Balaban J connectivity index is 2.84. The van der Waals surface area contributed by atoms with E-state index >= 15 is 0 Å². The number of aliphatic hydroxyl groups excluding tert-OH is 1. The molecule has 1 amide bonds. The van der Waals surface area contributed by atoms with E-state index in [0.29, 0.717) is 17.5 Å². The predicted molar refractivity (Wildman–Crippen MR) is 61.5 cm³/mol. The fraction of sp³-hybridized carbons (Fsp3) is 0.417. The first-order valence-corrected chi connectivity index (χ1v) is 5.30. The summed E-state index contributed by atoms with van der Waals surface area (Å²) < 4.78 is 0. The maximum Gasteiger partial charge on any atom is 0.251 e. The molecule has 1 aromatic rings. The Morgan fingerprint density at radius 1 is 1.50 bits per heavy atom. The van der Waals surface area contributed by atoms with Crippen molar-refractivity contribution in [3.63, 3.8) is 0 Å². The van der Waals surface area contributed by atoms with Gasteiger partial charge in [-0.1, -0.05) is 13.0 Å². The van der Waals surface area contributed by atoms with Gasteiger partial charge in [-0.15, -0.1) is 0 Å². The second-order valence-electron chi connectivity index (χ2n) is 3.71. The van der Waals surface area contributed by atoms with E-state index in [9.17, 15) is 9.90 Å². The van der Waals surface area contributed by atoms with E-state index in [1.807, 2.05) is 6.92 Å². The molecule has 1 aromatic carbocycles. The molecule has 0 radical (unpaired) electrons. The number of carbonyl (C=O) groups is 1. The molecule has 0 aliphatic heterocycles. The van der Waals surface area contributed by atoms with Crippen LogP contribution in [0.2, 0.25) is 0 Å². The minimum Gasteiger partial charge on any atom is -0.508 e. The van der Waals surface area contributed by atoms with Gasteiger partial charge >= 0.3 is 0 Å². The Bertz CT molecular complexity index is 373. The molecule has 3 N–H and O–H groups in total. The molecule has 0 heterocycles. The van der Waals surface area contributed by atoms with Gasteiger partial charge in [0.05, 0.1) is 12.6 Å². The van der Waals surface area contributed by atoms with Crippen molar-refractivity contribution in [2.75, 3.05) is 6.61 Å². The lowest BCUT2D eigenvalue weighted by Crippen LogP contribution is -2.37. The van der Waals surface area contributed by atoms with Gasteiger partial charge in [-0.3, -0.25) is 4.79 Å². The maximum absolute atomic E-state index is 11.8. The largest absolute Gasteiger partial charge is 0.508 e. The molecule has 0 aliphatic carbocycles. The van der Waals surface area contributed by atoms with Crippen LogP contribution in [0.25, 0.3) is 0 Å². The number of phenols is 1. The SMILES string of the molecule is CCC(CO)NC(=O)c1cccc(O)c1C. The molecule has 0 aromatic heterocycles. The van der Waals surface area contributed by atoms with Gasteiger partial charge in [0.15, 0.2) is 0 Å². The normalized spacial score (nSPS) is 12.2. The number of phenolic OH excluding ortho intramolecular Hbond substituents is 1. The van der Waals surface area contributed by atoms with E-state index in [4.69, 9.17) is 5.11 Å². The van der Waals surface area contributed by atoms with E-state index in [0.717, 1.165) is 0 Å². The molecule has 0 aliphatic rings. The van der Waals surface area contributed by atoms with E-state index in [1.165, 1.54) is 6.07 Å². The molecular formula is C12H17NO3. The smallest absolute Gasteiger partial charge is 0.251 e. The van der Waals surface area contributed by atoms with Crippen LogP contribution < -0.4 is 5.32 Å². The first-order chi connectivity index (χ1) is 7.60. The summed E-state index contributed by atoms with van der Waals surface area (Å²) in [4.78, 5) is 11.8. The lowest BCUT2D eigenvalue weighted by atomic mass is 10.1. The zero-order valence-corrected chi connectivity index (χ0v) is 9.53. The minimum atomic E-state index is -0.269. The second-order valence-corrected chi connectivity index (χ2v) is 3.71. The fourth-order valence-corrected chi connectivity index (χ4v) is 1.41. The zero-order chi connectivity index (χ0) is 12.1. The summed E-state index contributed by atoms with van der Waals surface area (Å²) in [7, 11) is 0. The van der Waals surface area contributed by atoms with E-state index < -0.39 is 0 Å². The van der Waals surface area contributed by atoms with Crippen LogP contribution in [-0.4, -0.2) is 28.8 Å². The van der Waals surface area contributed by atoms with Crippen LogP contribution in [-0.2, 0) is 0 Å². The summed E-state index contributed by atoms with van der Waals surface area (Å²) in [6.07, 6.45) is 0.667. The van der Waals surface area contributed by atoms with Gasteiger partial charge in [-0.25, -0.2) is 0 Å². The number of hydrogen-bond donors (Lipinski definition) is 3. The number of amides is 1. The van der Waals surface area contributed by atoms with Gasteiger partial charge in [0.25, 0.3) is 5.91 Å². The van der Waals surface area contributed by atoms with Crippen LogP contribution in [0, 0.1) is 6.92 Å². The van der Waals surface area contributed by atoms with Crippen LogP contribution in [0.3, 0.4) is 0 Å². The van der Waals surface area contributed by atoms with Crippen LogP contribution in [0.1, 0.15) is 29.3 Å². The number of carbonyl (C=O) groups excluding carboxylic acids is 1. The third-order valence-electron chi connectivity index (χ3n) is 2.60. The van der Waals surface area contributed by atoms with Crippen molar-refractivity contribution in [2.45, 2.75) is 26.3 Å². The second kappa shape index (κ2) is 5.51. The Hall–Kier alpha value is -1.55. The average molecular weight is 223 g/mol. The standard InChI is InChI=1S/C12H17NO3/c1-3-9(7-14)13-12(16)10-5-4-6-11(15)8(10)2/h4-6,9,14-15H,3,7H2,1-2H3,(H,13,16). The summed E-state index contributed by atoms with van der Waals surface area (Å²) in [6, 6.07) is 4.57. The highest BCUT2D eigenvalue weighted by molar-refractivity contribution is 5.96. The van der Waals surface area contributed by atoms with Crippen LogP contribution in [0.15, 0.2) is 18.2 Å². The number of rotatable bonds is 4. The molecule has 4 nitrogen and oxygen atoms in total. The summed E-state index contributed by atoms with van der Waals surface area (Å²) in [5, 5.41) is 21.2. The number of hydrogen-bond acceptors (Lipinski definition) is 3. The van der Waals surface area contributed by atoms with Crippen molar-refractivity contribution in [3.8, 4) is 5.75 Å². The number of nitrogens with one attached hydrogen (secondary N) is 1. The zero-order valence-electron chi connectivity index (χ0n) is 9.53. The molecule has 1 atom stereocenters. The molecule has 0 saturated carbocycles. The van der Waals surface area contributed by atoms with Crippen LogP contribution >= 0.6 is 0 Å². The molecule has 0 bridgehead atoms. The lowest BCUT2D eigenvalue weighted by Gasteiger charge is -2.15. The Kier molecular flexibility index (Phi) is 4.31. The molecule has 88 valence electrons. The summed E-state index contributed by atoms with van der Waals surface area (Å²) in [5.41, 5.74) is 0.986. The van der Waals surface area contributed by atoms with E-state index in [2.05, 4.69) is 5.32 Å². The number of aliphatic hydroxyl groups is 1. The van der Waals surface area contributed by atoms with Crippen molar-refractivity contribution < 1.29 is 15.0 Å². The molecule has 0 spiro atoms. The van der Waals surface area contributed by atoms with Gasteiger partial charge < -0.3 is 15.5 Å². The quantitative estimate of drug-likeness (QED) is 0.718. The monoisotopic (exact) mass is 223 g/mol. The van der Waals surface area contributed by atoms with Gasteiger partial charge in [0.2, 0.25) is 0 Å². The predicted octanol–water partition coefficient (Wildman–Crippen LogP) is 1.20. The minimum absolute atomic E-state index is 0.0832. The number of benzene rings is 1. The molecule has 1 rings (SSSR count). The van der Waals surface area contributed by atoms with Crippen molar-refractivity contribution in [2.24, 2.45) is 0 Å². The highest BCUT2D eigenvalue weighted by Gasteiger charge is 2.14. The first-order valence-electron chi connectivity index (χ1n) is 5.30. The molecule has 0 fully saturated rings. The number of aromatic hydroxyl groups is 1. The van der Waals surface area contributed by atoms with Crippen molar-refractivity contribution in [1.29, 1.82) is 0 Å². The third-order valence-corrected chi connectivity index (χ3v) is 2.60. The topological polar surface area (TPSA) is 69.6 Å². The molecule has 0 saturated heterocycles. The Morgan fingerprint density at radius 3 is 2.75 bits per heavy atom. The van der Waals surface area contributed by atoms with Crippen molar-refractivity contribution in [3.05, 3.63) is 29.3 Å². The van der Waals surface area contributed by atoms with Crippen LogP contribution in [0.4, 0.5) is 0 Å². The highest BCUT2D eigenvalue weighted by atomic mass is 16.3. The maximum atomic E-state index is 11.8. The first kappa shape index (κ1) is 12.5. The average Bonchev–Trinajstić information content (AvgIpc) is 2.29. The summed E-state index contributed by atoms with van der Waals surface area (Å²) >= 11 is 0. The fourth-order valence-electron chi connectivity index (χ4n) is 1.41. The van der Waals surface area contributed by atoms with E-state index in [1.54, 1.807) is 19.1 Å². The molecule has 16 heavy (non-hydrogen) atoms.